The second-order valence-electron chi connectivity index (χ2n) is 5.80. The average Bonchev–Trinajstić information content (AvgIpc) is 3.17. The third kappa shape index (κ3) is 2.83. The number of fused-ring (bicyclic) bond motifs is 1. The first-order valence-electron chi connectivity index (χ1n) is 7.88. The fourth-order valence-electron chi connectivity index (χ4n) is 2.83. The normalized spacial score (nSPS) is 12.9. The summed E-state index contributed by atoms with van der Waals surface area (Å²) in [5.74, 6) is 1.00. The van der Waals surface area contributed by atoms with Crippen molar-refractivity contribution < 1.29 is 4.79 Å². The summed E-state index contributed by atoms with van der Waals surface area (Å²) in [7, 11) is 0. The second-order valence-corrected chi connectivity index (χ2v) is 6.86. The summed E-state index contributed by atoms with van der Waals surface area (Å²) in [6.07, 6.45) is 2.08. The number of hydrogen-bond acceptors (Lipinski definition) is 3. The summed E-state index contributed by atoms with van der Waals surface area (Å²) in [4.78, 5) is 17.1. The molecule has 0 unspecified atom stereocenters. The molecule has 5 heteroatoms. The third-order valence-electron chi connectivity index (χ3n) is 4.11. The lowest BCUT2D eigenvalue weighted by molar-refractivity contribution is 0.102. The predicted molar refractivity (Wildman–Crippen MR) is 97.5 cm³/mol. The smallest absolute Gasteiger partial charge is 0.255 e. The number of imidazole rings is 1. The molecular formula is C19H17N3OS. The highest BCUT2D eigenvalue weighted by atomic mass is 32.2. The molecule has 2 heterocycles. The molecule has 4 rings (SSSR count). The van der Waals surface area contributed by atoms with Gasteiger partial charge in [0.25, 0.3) is 5.91 Å². The number of thioether (sulfide) groups is 1. The highest BCUT2D eigenvalue weighted by Gasteiger charge is 2.15. The van der Waals surface area contributed by atoms with E-state index in [1.165, 1.54) is 0 Å². The summed E-state index contributed by atoms with van der Waals surface area (Å²) in [5, 5.41) is 4.05. The number of rotatable bonds is 3. The highest BCUT2D eigenvalue weighted by Crippen LogP contribution is 2.30. The molecule has 4 nitrogen and oxygen atoms in total. The number of amides is 1. The molecule has 0 fully saturated rings. The van der Waals surface area contributed by atoms with Crippen molar-refractivity contribution in [2.24, 2.45) is 0 Å². The van der Waals surface area contributed by atoms with Crippen LogP contribution in [0.25, 0.3) is 11.3 Å². The van der Waals surface area contributed by atoms with E-state index in [4.69, 9.17) is 0 Å². The van der Waals surface area contributed by atoms with Gasteiger partial charge in [-0.05, 0) is 30.7 Å². The number of nitrogens with zero attached hydrogens (tertiary/aromatic N) is 2. The molecule has 0 aliphatic carbocycles. The fraction of sp³-hybridized carbons (Fsp3) is 0.158. The van der Waals surface area contributed by atoms with Crippen LogP contribution in [0.3, 0.4) is 0 Å². The maximum Gasteiger partial charge on any atom is 0.255 e. The van der Waals surface area contributed by atoms with E-state index in [1.54, 1.807) is 11.8 Å². The topological polar surface area (TPSA) is 46.9 Å². The first kappa shape index (κ1) is 15.0. The molecule has 2 aromatic carbocycles. The zero-order valence-electron chi connectivity index (χ0n) is 13.3. The van der Waals surface area contributed by atoms with Crippen LogP contribution in [0.5, 0.6) is 0 Å². The van der Waals surface area contributed by atoms with Gasteiger partial charge in [-0.1, -0.05) is 42.1 Å². The molecule has 1 amide bonds. The highest BCUT2D eigenvalue weighted by molar-refractivity contribution is 7.99. The number of aromatic nitrogens is 2. The number of anilines is 1. The Morgan fingerprint density at radius 1 is 1.21 bits per heavy atom. The van der Waals surface area contributed by atoms with Gasteiger partial charge in [0.05, 0.1) is 5.69 Å². The van der Waals surface area contributed by atoms with Gasteiger partial charge in [0.15, 0.2) is 5.16 Å². The first-order valence-corrected chi connectivity index (χ1v) is 8.87. The number of hydrogen-bond donors (Lipinski definition) is 1. The van der Waals surface area contributed by atoms with Crippen LogP contribution in [0, 0.1) is 6.92 Å². The Labute approximate surface area is 144 Å². The Hall–Kier alpha value is -2.53. The number of nitrogens with one attached hydrogen (secondary N) is 1. The van der Waals surface area contributed by atoms with Crippen molar-refractivity contribution in [1.29, 1.82) is 0 Å². The Bertz CT molecular complexity index is 895. The minimum atomic E-state index is -0.0897. The van der Waals surface area contributed by atoms with Crippen molar-refractivity contribution in [3.8, 4) is 11.3 Å². The van der Waals surface area contributed by atoms with Gasteiger partial charge in [-0.2, -0.15) is 0 Å². The summed E-state index contributed by atoms with van der Waals surface area (Å²) in [6.45, 7) is 2.95. The summed E-state index contributed by atoms with van der Waals surface area (Å²) < 4.78 is 2.18. The lowest BCUT2D eigenvalue weighted by atomic mass is 10.1. The van der Waals surface area contributed by atoms with Crippen LogP contribution >= 0.6 is 11.8 Å². The minimum absolute atomic E-state index is 0.0897. The molecule has 1 aromatic heterocycles. The van der Waals surface area contributed by atoms with Crippen LogP contribution in [0.15, 0.2) is 59.9 Å². The van der Waals surface area contributed by atoms with Gasteiger partial charge in [0.1, 0.15) is 0 Å². The standard InChI is InChI=1S/C19H17N3OS/c1-13-5-2-3-8-16(13)18(23)20-15-7-4-6-14(11-15)17-12-22-9-10-24-19(22)21-17/h2-8,11-12H,9-10H2,1H3,(H,20,23). The van der Waals surface area contributed by atoms with E-state index in [0.29, 0.717) is 5.56 Å². The quantitative estimate of drug-likeness (QED) is 0.780. The van der Waals surface area contributed by atoms with Crippen molar-refractivity contribution in [3.05, 3.63) is 65.9 Å². The van der Waals surface area contributed by atoms with Crippen molar-refractivity contribution in [1.82, 2.24) is 9.55 Å². The molecule has 0 spiro atoms. The number of aryl methyl sites for hydroxylation is 2. The maximum absolute atomic E-state index is 12.5. The molecule has 0 saturated heterocycles. The zero-order valence-corrected chi connectivity index (χ0v) is 14.1. The first-order chi connectivity index (χ1) is 11.7. The van der Waals surface area contributed by atoms with E-state index in [-0.39, 0.29) is 5.91 Å². The Balaban J connectivity index is 1.58. The van der Waals surface area contributed by atoms with Gasteiger partial charge < -0.3 is 9.88 Å². The van der Waals surface area contributed by atoms with Crippen LogP contribution in [0.2, 0.25) is 0 Å². The Morgan fingerprint density at radius 2 is 2.08 bits per heavy atom. The summed E-state index contributed by atoms with van der Waals surface area (Å²) >= 11 is 1.78. The van der Waals surface area contributed by atoms with Crippen LogP contribution in [0.4, 0.5) is 5.69 Å². The largest absolute Gasteiger partial charge is 0.325 e. The van der Waals surface area contributed by atoms with Gasteiger partial charge in [-0.3, -0.25) is 4.79 Å². The molecule has 0 saturated carbocycles. The van der Waals surface area contributed by atoms with Gasteiger partial charge in [0, 0.05) is 35.3 Å². The Morgan fingerprint density at radius 3 is 2.92 bits per heavy atom. The molecular weight excluding hydrogens is 318 g/mol. The number of carbonyl (C=O) groups excluding carboxylic acids is 1. The molecule has 0 bridgehead atoms. The average molecular weight is 335 g/mol. The van der Waals surface area contributed by atoms with Crippen LogP contribution in [-0.4, -0.2) is 21.2 Å². The SMILES string of the molecule is Cc1ccccc1C(=O)Nc1cccc(-c2cn3c(n2)SCC3)c1. The number of benzene rings is 2. The third-order valence-corrected chi connectivity index (χ3v) is 5.08. The van der Waals surface area contributed by atoms with Crippen molar-refractivity contribution in [2.75, 3.05) is 11.1 Å². The molecule has 1 aliphatic rings. The molecule has 1 aliphatic heterocycles. The van der Waals surface area contributed by atoms with Gasteiger partial charge in [0.2, 0.25) is 0 Å². The monoisotopic (exact) mass is 335 g/mol. The van der Waals surface area contributed by atoms with Crippen molar-refractivity contribution in [3.63, 3.8) is 0 Å². The summed E-state index contributed by atoms with van der Waals surface area (Å²) in [6, 6.07) is 15.4. The van der Waals surface area contributed by atoms with Crippen LogP contribution < -0.4 is 5.32 Å². The Kier molecular flexibility index (Phi) is 3.86. The lowest BCUT2D eigenvalue weighted by Gasteiger charge is -2.08. The predicted octanol–water partition coefficient (Wildman–Crippen LogP) is 4.22. The van der Waals surface area contributed by atoms with Gasteiger partial charge >= 0.3 is 0 Å². The van der Waals surface area contributed by atoms with Crippen molar-refractivity contribution >= 4 is 23.4 Å². The second kappa shape index (κ2) is 6.17. The van der Waals surface area contributed by atoms with Gasteiger partial charge in [-0.25, -0.2) is 4.98 Å². The van der Waals surface area contributed by atoms with E-state index in [0.717, 1.165) is 40.0 Å². The minimum Gasteiger partial charge on any atom is -0.325 e. The van der Waals surface area contributed by atoms with E-state index in [1.807, 2.05) is 55.5 Å². The van der Waals surface area contributed by atoms with Gasteiger partial charge in [-0.15, -0.1) is 0 Å². The van der Waals surface area contributed by atoms with Crippen molar-refractivity contribution in [2.45, 2.75) is 18.6 Å². The molecule has 1 N–H and O–H groups in total. The molecule has 0 atom stereocenters. The van der Waals surface area contributed by atoms with E-state index >= 15 is 0 Å². The molecule has 24 heavy (non-hydrogen) atoms. The molecule has 0 radical (unpaired) electrons. The van der Waals surface area contributed by atoms with Crippen LogP contribution in [-0.2, 0) is 6.54 Å². The van der Waals surface area contributed by atoms with Crippen LogP contribution in [0.1, 0.15) is 15.9 Å². The fourth-order valence-corrected chi connectivity index (χ4v) is 3.77. The van der Waals surface area contributed by atoms with E-state index in [2.05, 4.69) is 21.1 Å². The lowest BCUT2D eigenvalue weighted by Crippen LogP contribution is -2.13. The molecule has 3 aromatic rings. The van der Waals surface area contributed by atoms with E-state index < -0.39 is 0 Å². The number of carbonyl (C=O) groups is 1. The summed E-state index contributed by atoms with van der Waals surface area (Å²) in [5.41, 5.74) is 4.40. The molecule has 120 valence electrons. The van der Waals surface area contributed by atoms with E-state index in [9.17, 15) is 4.79 Å². The maximum atomic E-state index is 12.5. The zero-order chi connectivity index (χ0) is 16.5.